The molecule has 1 saturated heterocycles. The van der Waals surface area contributed by atoms with Gasteiger partial charge in [-0.1, -0.05) is 0 Å². The molecule has 0 bridgehead atoms. The molecule has 1 unspecified atom stereocenters. The van der Waals surface area contributed by atoms with Gasteiger partial charge in [0.15, 0.2) is 0 Å². The lowest BCUT2D eigenvalue weighted by Crippen LogP contribution is -2.22. The molecule has 0 aromatic heterocycles. The van der Waals surface area contributed by atoms with E-state index in [0.717, 1.165) is 25.2 Å². The second kappa shape index (κ2) is 5.24. The highest BCUT2D eigenvalue weighted by Gasteiger charge is 2.25. The summed E-state index contributed by atoms with van der Waals surface area (Å²) < 4.78 is 13.6. The Bertz CT molecular complexity index is 434. The first-order valence-electron chi connectivity index (χ1n) is 6.36. The molecule has 4 heteroatoms. The number of benzene rings is 1. The summed E-state index contributed by atoms with van der Waals surface area (Å²) >= 11 is 0. The van der Waals surface area contributed by atoms with Crippen LogP contribution in [0.2, 0.25) is 0 Å². The quantitative estimate of drug-likeness (QED) is 0.866. The van der Waals surface area contributed by atoms with E-state index in [-0.39, 0.29) is 18.3 Å². The van der Waals surface area contributed by atoms with Gasteiger partial charge in [0, 0.05) is 36.9 Å². The molecule has 0 amide bonds. The summed E-state index contributed by atoms with van der Waals surface area (Å²) in [5.74, 6) is -0.00948. The number of anilines is 1. The molecule has 2 atom stereocenters. The lowest BCUT2D eigenvalue weighted by Gasteiger charge is -2.24. The standard InChI is InChI=1S/C14H20FNO2/c1-9-5-14(12(10(2)18)6-13(9)15)16-4-3-11(7-16)8-17/h5-6,10-11,17-18H,3-4,7-8H2,1-2H3/t10-,11?/m0/s1. The zero-order valence-electron chi connectivity index (χ0n) is 10.9. The maximum Gasteiger partial charge on any atom is 0.126 e. The van der Waals surface area contributed by atoms with Gasteiger partial charge in [0.05, 0.1) is 6.10 Å². The lowest BCUT2D eigenvalue weighted by atomic mass is 10.0. The topological polar surface area (TPSA) is 43.7 Å². The van der Waals surface area contributed by atoms with E-state index < -0.39 is 6.10 Å². The summed E-state index contributed by atoms with van der Waals surface area (Å²) in [5.41, 5.74) is 2.10. The van der Waals surface area contributed by atoms with Crippen LogP contribution < -0.4 is 4.90 Å². The predicted molar refractivity (Wildman–Crippen MR) is 69.2 cm³/mol. The van der Waals surface area contributed by atoms with Crippen molar-refractivity contribution in [3.63, 3.8) is 0 Å². The summed E-state index contributed by atoms with van der Waals surface area (Å²) in [6.45, 7) is 5.16. The first-order chi connectivity index (χ1) is 8.52. The summed E-state index contributed by atoms with van der Waals surface area (Å²) in [6.07, 6.45) is 0.245. The second-order valence-corrected chi connectivity index (χ2v) is 5.12. The molecule has 1 aromatic rings. The van der Waals surface area contributed by atoms with Gasteiger partial charge >= 0.3 is 0 Å². The van der Waals surface area contributed by atoms with Gasteiger partial charge in [-0.2, -0.15) is 0 Å². The fourth-order valence-corrected chi connectivity index (χ4v) is 2.49. The molecule has 2 rings (SSSR count). The van der Waals surface area contributed by atoms with Gasteiger partial charge in [0.25, 0.3) is 0 Å². The van der Waals surface area contributed by atoms with E-state index in [0.29, 0.717) is 11.1 Å². The van der Waals surface area contributed by atoms with Gasteiger partial charge in [-0.25, -0.2) is 4.39 Å². The molecule has 0 saturated carbocycles. The molecule has 1 aromatic carbocycles. The van der Waals surface area contributed by atoms with E-state index in [4.69, 9.17) is 0 Å². The highest BCUT2D eigenvalue weighted by Crippen LogP contribution is 2.32. The van der Waals surface area contributed by atoms with E-state index in [1.165, 1.54) is 6.07 Å². The predicted octanol–water partition coefficient (Wildman–Crippen LogP) is 2.01. The van der Waals surface area contributed by atoms with Crippen LogP contribution in [0, 0.1) is 18.7 Å². The van der Waals surface area contributed by atoms with Crippen molar-refractivity contribution in [2.75, 3.05) is 24.6 Å². The summed E-state index contributed by atoms with van der Waals surface area (Å²) in [6, 6.07) is 3.21. The molecule has 1 heterocycles. The number of aliphatic hydroxyl groups is 2. The Kier molecular flexibility index (Phi) is 3.88. The van der Waals surface area contributed by atoms with Crippen LogP contribution in [-0.4, -0.2) is 29.9 Å². The van der Waals surface area contributed by atoms with Crippen molar-refractivity contribution in [2.24, 2.45) is 5.92 Å². The SMILES string of the molecule is Cc1cc(N2CCC(CO)C2)c([C@H](C)O)cc1F. The number of hydrogen-bond donors (Lipinski definition) is 2. The number of halogens is 1. The maximum atomic E-state index is 13.6. The fourth-order valence-electron chi connectivity index (χ4n) is 2.49. The largest absolute Gasteiger partial charge is 0.396 e. The number of nitrogens with zero attached hydrogens (tertiary/aromatic N) is 1. The molecule has 2 N–H and O–H groups in total. The number of aryl methyl sites for hydroxylation is 1. The number of rotatable bonds is 3. The van der Waals surface area contributed by atoms with Crippen molar-refractivity contribution < 1.29 is 14.6 Å². The zero-order chi connectivity index (χ0) is 13.3. The molecule has 1 aliphatic rings. The average Bonchev–Trinajstić information content (AvgIpc) is 2.80. The molecular formula is C14H20FNO2. The Labute approximate surface area is 107 Å². The fraction of sp³-hybridized carbons (Fsp3) is 0.571. The zero-order valence-corrected chi connectivity index (χ0v) is 10.9. The molecular weight excluding hydrogens is 233 g/mol. The maximum absolute atomic E-state index is 13.6. The Balaban J connectivity index is 2.34. The van der Waals surface area contributed by atoms with Gasteiger partial charge in [-0.3, -0.25) is 0 Å². The molecule has 18 heavy (non-hydrogen) atoms. The van der Waals surface area contributed by atoms with Gasteiger partial charge in [-0.15, -0.1) is 0 Å². The van der Waals surface area contributed by atoms with Crippen LogP contribution in [-0.2, 0) is 0 Å². The van der Waals surface area contributed by atoms with Gasteiger partial charge in [0.2, 0.25) is 0 Å². The lowest BCUT2D eigenvalue weighted by molar-refractivity contribution is 0.199. The minimum Gasteiger partial charge on any atom is -0.396 e. The van der Waals surface area contributed by atoms with Crippen LogP contribution in [0.5, 0.6) is 0 Å². The minimum absolute atomic E-state index is 0.181. The van der Waals surface area contributed by atoms with Crippen molar-refractivity contribution in [1.29, 1.82) is 0 Å². The molecule has 1 fully saturated rings. The second-order valence-electron chi connectivity index (χ2n) is 5.12. The van der Waals surface area contributed by atoms with Crippen LogP contribution in [0.4, 0.5) is 10.1 Å². The Morgan fingerprint density at radius 2 is 2.22 bits per heavy atom. The Morgan fingerprint density at radius 3 is 2.78 bits per heavy atom. The first kappa shape index (κ1) is 13.3. The summed E-state index contributed by atoms with van der Waals surface area (Å²) in [4.78, 5) is 2.12. The van der Waals surface area contributed by atoms with Crippen molar-refractivity contribution in [3.8, 4) is 0 Å². The van der Waals surface area contributed by atoms with Crippen LogP contribution >= 0.6 is 0 Å². The normalized spacial score (nSPS) is 21.4. The molecule has 0 spiro atoms. The third-order valence-electron chi connectivity index (χ3n) is 3.64. The van der Waals surface area contributed by atoms with E-state index >= 15 is 0 Å². The van der Waals surface area contributed by atoms with Crippen LogP contribution in [0.15, 0.2) is 12.1 Å². The third kappa shape index (κ3) is 2.49. The van der Waals surface area contributed by atoms with E-state index in [9.17, 15) is 14.6 Å². The summed E-state index contributed by atoms with van der Waals surface area (Å²) in [7, 11) is 0. The molecule has 1 aliphatic heterocycles. The minimum atomic E-state index is -0.691. The van der Waals surface area contributed by atoms with Gasteiger partial charge in [-0.05, 0) is 38.0 Å². The van der Waals surface area contributed by atoms with Crippen LogP contribution in [0.3, 0.4) is 0 Å². The highest BCUT2D eigenvalue weighted by molar-refractivity contribution is 5.57. The van der Waals surface area contributed by atoms with Crippen molar-refractivity contribution in [2.45, 2.75) is 26.4 Å². The van der Waals surface area contributed by atoms with Crippen molar-refractivity contribution >= 4 is 5.69 Å². The van der Waals surface area contributed by atoms with E-state index in [1.54, 1.807) is 19.9 Å². The van der Waals surface area contributed by atoms with Crippen LogP contribution in [0.1, 0.15) is 30.6 Å². The van der Waals surface area contributed by atoms with Gasteiger partial charge in [0.1, 0.15) is 5.82 Å². The first-order valence-corrected chi connectivity index (χ1v) is 6.36. The van der Waals surface area contributed by atoms with E-state index in [2.05, 4.69) is 4.90 Å². The monoisotopic (exact) mass is 253 g/mol. The highest BCUT2D eigenvalue weighted by atomic mass is 19.1. The number of hydrogen-bond acceptors (Lipinski definition) is 3. The average molecular weight is 253 g/mol. The molecule has 100 valence electrons. The molecule has 0 aliphatic carbocycles. The third-order valence-corrected chi connectivity index (χ3v) is 3.64. The van der Waals surface area contributed by atoms with E-state index in [1.807, 2.05) is 0 Å². The Morgan fingerprint density at radius 1 is 1.50 bits per heavy atom. The van der Waals surface area contributed by atoms with Gasteiger partial charge < -0.3 is 15.1 Å². The van der Waals surface area contributed by atoms with Crippen molar-refractivity contribution in [1.82, 2.24) is 0 Å². The smallest absolute Gasteiger partial charge is 0.126 e. The number of aliphatic hydroxyl groups excluding tert-OH is 2. The van der Waals surface area contributed by atoms with Crippen LogP contribution in [0.25, 0.3) is 0 Å². The van der Waals surface area contributed by atoms with Crippen molar-refractivity contribution in [3.05, 3.63) is 29.1 Å². The summed E-state index contributed by atoms with van der Waals surface area (Å²) in [5, 5.41) is 18.9. The molecule has 3 nitrogen and oxygen atoms in total. The molecule has 0 radical (unpaired) electrons. The Hall–Kier alpha value is -1.13.